The highest BCUT2D eigenvalue weighted by molar-refractivity contribution is 7.19. The van der Waals surface area contributed by atoms with Crippen LogP contribution in [0.1, 0.15) is 39.0 Å². The molecule has 176 valence electrons. The summed E-state index contributed by atoms with van der Waals surface area (Å²) < 4.78 is 21.4. The van der Waals surface area contributed by atoms with Crippen molar-refractivity contribution in [2.75, 3.05) is 11.9 Å². The van der Waals surface area contributed by atoms with Crippen molar-refractivity contribution in [3.05, 3.63) is 52.7 Å². The summed E-state index contributed by atoms with van der Waals surface area (Å²) in [6, 6.07) is 7.39. The van der Waals surface area contributed by atoms with Crippen molar-refractivity contribution in [3.8, 4) is 0 Å². The lowest BCUT2D eigenvalue weighted by Crippen LogP contribution is -2.44. The average molecular weight is 497 g/mol. The summed E-state index contributed by atoms with van der Waals surface area (Å²) in [4.78, 5) is 25.1. The van der Waals surface area contributed by atoms with Crippen LogP contribution in [0.5, 0.6) is 0 Å². The van der Waals surface area contributed by atoms with Gasteiger partial charge in [0.2, 0.25) is 0 Å². The average Bonchev–Trinajstić information content (AvgIpc) is 3.42. The number of rotatable bonds is 3. The van der Waals surface area contributed by atoms with Gasteiger partial charge in [0.1, 0.15) is 15.9 Å². The number of anilines is 2. The number of carbonyl (C=O) groups excluding carboxylic acids is 1. The number of pyridine rings is 1. The maximum absolute atomic E-state index is 15.0. The Balaban J connectivity index is 1.45. The van der Waals surface area contributed by atoms with Crippen molar-refractivity contribution in [2.45, 2.75) is 45.8 Å². The molecular weight excluding hydrogens is 471 g/mol. The highest BCUT2D eigenvalue weighted by Gasteiger charge is 2.31. The van der Waals surface area contributed by atoms with E-state index in [1.807, 2.05) is 39.8 Å². The molecule has 1 N–H and O–H groups in total. The Morgan fingerprint density at radius 1 is 1.24 bits per heavy atom. The van der Waals surface area contributed by atoms with E-state index in [9.17, 15) is 9.18 Å². The molecule has 0 bridgehead atoms. The first-order valence-corrected chi connectivity index (χ1v) is 12.8. The summed E-state index contributed by atoms with van der Waals surface area (Å²) in [5, 5.41) is 4.14. The second-order valence-electron chi connectivity index (χ2n) is 9.24. The minimum atomic E-state index is -0.545. The zero-order valence-electron chi connectivity index (χ0n) is 19.4. The lowest BCUT2D eigenvalue weighted by atomic mass is 10.00. The lowest BCUT2D eigenvalue weighted by molar-refractivity contribution is 0.0214. The Bertz CT molecular complexity index is 1420. The number of thiazole rings is 1. The van der Waals surface area contributed by atoms with E-state index < -0.39 is 5.60 Å². The van der Waals surface area contributed by atoms with Crippen molar-refractivity contribution in [3.63, 3.8) is 0 Å². The first-order chi connectivity index (χ1) is 16.2. The van der Waals surface area contributed by atoms with Crippen LogP contribution in [0, 0.1) is 5.82 Å². The van der Waals surface area contributed by atoms with Crippen LogP contribution in [0.4, 0.5) is 20.6 Å². The van der Waals surface area contributed by atoms with E-state index in [1.54, 1.807) is 34.0 Å². The monoisotopic (exact) mass is 496 g/mol. The van der Waals surface area contributed by atoms with E-state index in [0.29, 0.717) is 17.7 Å². The zero-order valence-corrected chi connectivity index (χ0v) is 21.0. The number of thiophene rings is 1. The van der Waals surface area contributed by atoms with Gasteiger partial charge in [0.25, 0.3) is 0 Å². The fourth-order valence-electron chi connectivity index (χ4n) is 4.10. The molecule has 6 nitrogen and oxygen atoms in total. The molecule has 9 heteroatoms. The highest BCUT2D eigenvalue weighted by Crippen LogP contribution is 2.39. The number of nitrogens with zero attached hydrogens (tertiary/aromatic N) is 3. The van der Waals surface area contributed by atoms with Gasteiger partial charge in [-0.3, -0.25) is 0 Å². The fraction of sp³-hybridized carbons (Fsp3) is 0.320. The van der Waals surface area contributed by atoms with Crippen molar-refractivity contribution >= 4 is 66.1 Å². The molecule has 1 aliphatic rings. The van der Waals surface area contributed by atoms with Crippen molar-refractivity contribution in [1.82, 2.24) is 14.9 Å². The smallest absolute Gasteiger partial charge is 0.410 e. The molecule has 34 heavy (non-hydrogen) atoms. The van der Waals surface area contributed by atoms with Crippen LogP contribution in [0.2, 0.25) is 0 Å². The zero-order chi connectivity index (χ0) is 24.0. The molecule has 4 heterocycles. The number of halogens is 1. The SMILES string of the molecule is C[C@H]1C(c2cc3c(Nc4ccc5scnc5c4F)ccnc3s2)=CCCN1C(=O)OC(C)(C)C. The Hall–Kier alpha value is -3.04. The van der Waals surface area contributed by atoms with Gasteiger partial charge >= 0.3 is 6.09 Å². The molecule has 1 aromatic carbocycles. The van der Waals surface area contributed by atoms with Crippen molar-refractivity contribution in [2.24, 2.45) is 0 Å². The number of aromatic nitrogens is 2. The molecule has 5 rings (SSSR count). The molecule has 0 fully saturated rings. The molecule has 0 spiro atoms. The topological polar surface area (TPSA) is 67.4 Å². The van der Waals surface area contributed by atoms with E-state index in [0.717, 1.165) is 37.5 Å². The molecule has 0 saturated heterocycles. The second-order valence-corrected chi connectivity index (χ2v) is 11.2. The third-order valence-corrected chi connectivity index (χ3v) is 7.60. The molecule has 1 atom stereocenters. The summed E-state index contributed by atoms with van der Waals surface area (Å²) in [6.07, 6.45) is 4.35. The van der Waals surface area contributed by atoms with Crippen LogP contribution in [0.3, 0.4) is 0 Å². The minimum absolute atomic E-state index is 0.127. The first kappa shape index (κ1) is 22.7. The second kappa shape index (κ2) is 8.63. The van der Waals surface area contributed by atoms with Crippen LogP contribution in [0.15, 0.2) is 42.0 Å². The molecule has 0 aliphatic carbocycles. The van der Waals surface area contributed by atoms with E-state index >= 15 is 0 Å². The van der Waals surface area contributed by atoms with Crippen molar-refractivity contribution < 1.29 is 13.9 Å². The Labute approximate surface area is 205 Å². The Morgan fingerprint density at radius 2 is 2.06 bits per heavy atom. The quantitative estimate of drug-likeness (QED) is 0.325. The maximum atomic E-state index is 15.0. The number of hydrogen-bond acceptors (Lipinski definition) is 7. The van der Waals surface area contributed by atoms with Crippen LogP contribution < -0.4 is 5.32 Å². The number of hydrogen-bond donors (Lipinski definition) is 1. The molecule has 1 aliphatic heterocycles. The molecule has 0 radical (unpaired) electrons. The minimum Gasteiger partial charge on any atom is -0.444 e. The van der Waals surface area contributed by atoms with Gasteiger partial charge in [-0.05, 0) is 64.0 Å². The molecule has 3 aromatic heterocycles. The summed E-state index contributed by atoms with van der Waals surface area (Å²) in [7, 11) is 0. The third kappa shape index (κ3) is 4.25. The summed E-state index contributed by atoms with van der Waals surface area (Å²) in [6.45, 7) is 8.25. The number of ether oxygens (including phenoxy) is 1. The first-order valence-electron chi connectivity index (χ1n) is 11.1. The van der Waals surface area contributed by atoms with Gasteiger partial charge in [0, 0.05) is 23.0 Å². The Kier molecular flexibility index (Phi) is 5.77. The third-order valence-electron chi connectivity index (χ3n) is 5.71. The van der Waals surface area contributed by atoms with E-state index in [4.69, 9.17) is 4.74 Å². The van der Waals surface area contributed by atoms with E-state index in [1.165, 1.54) is 11.3 Å². The molecular formula is C25H25FN4O2S2. The summed E-state index contributed by atoms with van der Waals surface area (Å²) >= 11 is 2.98. The van der Waals surface area contributed by atoms with Gasteiger partial charge in [-0.2, -0.15) is 0 Å². The van der Waals surface area contributed by atoms with Gasteiger partial charge in [-0.1, -0.05) is 6.08 Å². The largest absolute Gasteiger partial charge is 0.444 e. The summed E-state index contributed by atoms with van der Waals surface area (Å²) in [5.41, 5.74) is 3.69. The molecule has 0 unspecified atom stereocenters. The number of fused-ring (bicyclic) bond motifs is 2. The number of carbonyl (C=O) groups is 1. The maximum Gasteiger partial charge on any atom is 0.410 e. The van der Waals surface area contributed by atoms with Crippen LogP contribution >= 0.6 is 22.7 Å². The predicted molar refractivity (Wildman–Crippen MR) is 137 cm³/mol. The predicted octanol–water partition coefficient (Wildman–Crippen LogP) is 7.20. The summed E-state index contributed by atoms with van der Waals surface area (Å²) in [5.74, 6) is -0.365. The van der Waals surface area contributed by atoms with E-state index in [2.05, 4.69) is 27.4 Å². The number of nitrogens with one attached hydrogen (secondary N) is 1. The van der Waals surface area contributed by atoms with Gasteiger partial charge in [-0.15, -0.1) is 22.7 Å². The van der Waals surface area contributed by atoms with Crippen LogP contribution in [-0.4, -0.2) is 39.1 Å². The number of benzene rings is 1. The number of amides is 1. The lowest BCUT2D eigenvalue weighted by Gasteiger charge is -2.35. The molecule has 0 saturated carbocycles. The Morgan fingerprint density at radius 3 is 2.85 bits per heavy atom. The van der Waals surface area contributed by atoms with Crippen molar-refractivity contribution in [1.29, 1.82) is 0 Å². The molecule has 4 aromatic rings. The normalized spacial score (nSPS) is 16.7. The van der Waals surface area contributed by atoms with Gasteiger partial charge in [0.15, 0.2) is 5.82 Å². The van der Waals surface area contributed by atoms with Gasteiger partial charge < -0.3 is 15.0 Å². The highest BCUT2D eigenvalue weighted by atomic mass is 32.1. The fourth-order valence-corrected chi connectivity index (χ4v) is 5.92. The van der Waals surface area contributed by atoms with E-state index in [-0.39, 0.29) is 18.0 Å². The van der Waals surface area contributed by atoms with Crippen LogP contribution in [0.25, 0.3) is 26.0 Å². The van der Waals surface area contributed by atoms with Gasteiger partial charge in [-0.25, -0.2) is 19.2 Å². The van der Waals surface area contributed by atoms with Gasteiger partial charge in [0.05, 0.1) is 27.6 Å². The van der Waals surface area contributed by atoms with Crippen LogP contribution in [-0.2, 0) is 4.74 Å². The standard InChI is InChI=1S/C25H25FN4O2S2/c1-14-15(6-5-11-30(14)24(31)32-25(2,3)4)20-12-16-17(9-10-27-23(16)34-20)29-18-7-8-19-22(21(18)26)28-13-33-19/h6-10,12-14H,5,11H2,1-4H3,(H,27,29)/t14-/m0/s1. The molecule has 1 amide bonds.